The number of carbonyl (C=O) groups is 1. The Balaban J connectivity index is 0.00000312. The van der Waals surface area contributed by atoms with Crippen molar-refractivity contribution in [1.82, 2.24) is 15.5 Å². The van der Waals surface area contributed by atoms with Gasteiger partial charge in [-0.1, -0.05) is 43.3 Å². The second kappa shape index (κ2) is 10.3. The first-order valence-electron chi connectivity index (χ1n) is 8.58. The number of aryl methyl sites for hydroxylation is 1. The van der Waals surface area contributed by atoms with Crippen LogP contribution in [-0.4, -0.2) is 29.0 Å². The molecule has 0 aliphatic rings. The van der Waals surface area contributed by atoms with E-state index in [1.165, 1.54) is 5.56 Å². The van der Waals surface area contributed by atoms with E-state index in [0.717, 1.165) is 12.0 Å². The van der Waals surface area contributed by atoms with Gasteiger partial charge in [0, 0.05) is 30.9 Å². The highest BCUT2D eigenvalue weighted by Gasteiger charge is 2.12. The van der Waals surface area contributed by atoms with Gasteiger partial charge < -0.3 is 9.84 Å². The van der Waals surface area contributed by atoms with Gasteiger partial charge in [-0.2, -0.15) is 4.98 Å². The van der Waals surface area contributed by atoms with E-state index in [4.69, 9.17) is 4.52 Å². The van der Waals surface area contributed by atoms with Crippen LogP contribution in [0.15, 0.2) is 28.8 Å². The fourth-order valence-electron chi connectivity index (χ4n) is 2.51. The molecule has 1 heterocycles. The topological polar surface area (TPSA) is 68.0 Å². The molecule has 1 unspecified atom stereocenters. The molecule has 0 radical (unpaired) electrons. The minimum absolute atomic E-state index is 0. The predicted octanol–water partition coefficient (Wildman–Crippen LogP) is 3.66. The molecule has 0 aliphatic heterocycles. The molecular formula is C19H28ClN3O2. The molecule has 2 rings (SSSR count). The third-order valence-electron chi connectivity index (χ3n) is 3.98. The van der Waals surface area contributed by atoms with Gasteiger partial charge >= 0.3 is 0 Å². The number of nitrogens with one attached hydrogen (secondary N) is 1. The number of hydrogen-bond acceptors (Lipinski definition) is 5. The smallest absolute Gasteiger partial charge is 0.227 e. The molecule has 0 fully saturated rings. The van der Waals surface area contributed by atoms with Crippen LogP contribution in [0.4, 0.5) is 0 Å². The molecule has 1 aromatic heterocycles. The number of carbonyl (C=O) groups excluding carboxylic acids is 1. The molecule has 25 heavy (non-hydrogen) atoms. The maximum Gasteiger partial charge on any atom is 0.227 e. The van der Waals surface area contributed by atoms with Crippen LogP contribution in [0.5, 0.6) is 0 Å². The number of nitrogens with zero attached hydrogens (tertiary/aromatic N) is 2. The van der Waals surface area contributed by atoms with Crippen LogP contribution in [0.3, 0.4) is 0 Å². The van der Waals surface area contributed by atoms with Crippen molar-refractivity contribution < 1.29 is 9.32 Å². The van der Waals surface area contributed by atoms with Crippen LogP contribution in [0, 0.1) is 5.92 Å². The molecule has 0 aliphatic carbocycles. The fraction of sp³-hybridized carbons (Fsp3) is 0.526. The lowest BCUT2D eigenvalue weighted by molar-refractivity contribution is 0.0979. The van der Waals surface area contributed by atoms with Crippen molar-refractivity contribution in [2.45, 2.75) is 52.5 Å². The zero-order valence-electron chi connectivity index (χ0n) is 15.4. The van der Waals surface area contributed by atoms with Gasteiger partial charge in [-0.3, -0.25) is 4.79 Å². The second-order valence-corrected chi connectivity index (χ2v) is 6.72. The van der Waals surface area contributed by atoms with Crippen molar-refractivity contribution >= 4 is 18.2 Å². The first-order valence-corrected chi connectivity index (χ1v) is 8.58. The van der Waals surface area contributed by atoms with Gasteiger partial charge in [0.05, 0.1) is 0 Å². The minimum Gasteiger partial charge on any atom is -0.339 e. The zero-order chi connectivity index (χ0) is 17.5. The van der Waals surface area contributed by atoms with Crippen molar-refractivity contribution in [2.24, 2.45) is 5.92 Å². The van der Waals surface area contributed by atoms with Crippen LogP contribution in [0.2, 0.25) is 0 Å². The Morgan fingerprint density at radius 3 is 2.44 bits per heavy atom. The summed E-state index contributed by atoms with van der Waals surface area (Å²) in [6.07, 6.45) is 2.61. The lowest BCUT2D eigenvalue weighted by Crippen LogP contribution is -2.24. The molecule has 138 valence electrons. The molecule has 0 spiro atoms. The second-order valence-electron chi connectivity index (χ2n) is 6.72. The summed E-state index contributed by atoms with van der Waals surface area (Å²) in [6.45, 7) is 6.44. The molecule has 1 aromatic carbocycles. The number of ketones is 1. The monoisotopic (exact) mass is 365 g/mol. The predicted molar refractivity (Wildman–Crippen MR) is 101 cm³/mol. The Morgan fingerprint density at radius 2 is 1.84 bits per heavy atom. The molecule has 6 heteroatoms. The lowest BCUT2D eigenvalue weighted by Gasteiger charge is -2.06. The van der Waals surface area contributed by atoms with Crippen LogP contribution < -0.4 is 5.32 Å². The summed E-state index contributed by atoms with van der Waals surface area (Å²) in [5.74, 6) is 1.92. The van der Waals surface area contributed by atoms with Crippen LogP contribution in [-0.2, 0) is 19.3 Å². The normalized spacial score (nSPS) is 12.0. The van der Waals surface area contributed by atoms with Gasteiger partial charge in [0.1, 0.15) is 0 Å². The highest BCUT2D eigenvalue weighted by atomic mass is 35.5. The number of rotatable bonds is 9. The summed E-state index contributed by atoms with van der Waals surface area (Å²) < 4.78 is 5.22. The van der Waals surface area contributed by atoms with Crippen LogP contribution in [0.1, 0.15) is 54.8 Å². The number of hydrogen-bond donors (Lipinski definition) is 1. The largest absolute Gasteiger partial charge is 0.339 e. The maximum absolute atomic E-state index is 12.3. The highest BCUT2D eigenvalue weighted by Crippen LogP contribution is 2.12. The zero-order valence-corrected chi connectivity index (χ0v) is 16.2. The number of aromatic nitrogens is 2. The molecule has 0 saturated heterocycles. The van der Waals surface area contributed by atoms with E-state index in [1.807, 2.05) is 31.3 Å². The number of likely N-dealkylation sites (N-methyl/N-ethyl adjacent to an activating group) is 1. The van der Waals surface area contributed by atoms with Crippen LogP contribution >= 0.6 is 12.4 Å². The average Bonchev–Trinajstić information content (AvgIpc) is 3.00. The summed E-state index contributed by atoms with van der Waals surface area (Å²) in [5, 5.41) is 7.09. The van der Waals surface area contributed by atoms with Gasteiger partial charge in [0.2, 0.25) is 5.89 Å². The summed E-state index contributed by atoms with van der Waals surface area (Å²) in [7, 11) is 1.90. The summed E-state index contributed by atoms with van der Waals surface area (Å²) in [6, 6.07) is 8.19. The molecule has 2 aromatic rings. The van der Waals surface area contributed by atoms with Gasteiger partial charge in [-0.15, -0.1) is 12.4 Å². The number of Topliss-reactive ketones (excluding diaryl/α,β-unsaturated/α-hetero) is 1. The summed E-state index contributed by atoms with van der Waals surface area (Å²) >= 11 is 0. The van der Waals surface area contributed by atoms with Crippen molar-refractivity contribution in [3.63, 3.8) is 0 Å². The Kier molecular flexibility index (Phi) is 8.79. The fourth-order valence-corrected chi connectivity index (χ4v) is 2.51. The molecule has 1 atom stereocenters. The molecule has 0 saturated carbocycles. The van der Waals surface area contributed by atoms with E-state index in [1.54, 1.807) is 0 Å². The molecule has 5 nitrogen and oxygen atoms in total. The molecular weight excluding hydrogens is 338 g/mol. The molecule has 0 amide bonds. The van der Waals surface area contributed by atoms with E-state index in [-0.39, 0.29) is 18.2 Å². The van der Waals surface area contributed by atoms with Gasteiger partial charge in [-0.05, 0) is 31.9 Å². The van der Waals surface area contributed by atoms with E-state index in [0.29, 0.717) is 42.9 Å². The lowest BCUT2D eigenvalue weighted by atomic mass is 9.99. The van der Waals surface area contributed by atoms with Gasteiger partial charge in [0.15, 0.2) is 11.6 Å². The van der Waals surface area contributed by atoms with E-state index in [9.17, 15) is 4.79 Å². The number of halogens is 1. The molecule has 1 N–H and O–H groups in total. The molecule has 0 bridgehead atoms. The maximum atomic E-state index is 12.3. The third kappa shape index (κ3) is 6.96. The summed E-state index contributed by atoms with van der Waals surface area (Å²) in [4.78, 5) is 16.6. The Morgan fingerprint density at radius 1 is 1.16 bits per heavy atom. The van der Waals surface area contributed by atoms with Crippen molar-refractivity contribution in [1.29, 1.82) is 0 Å². The highest BCUT2D eigenvalue weighted by molar-refractivity contribution is 5.96. The SMILES string of the molecule is CNC(C)Cc1noc(CCC(=O)c2ccc(CC(C)C)cc2)n1.Cl. The van der Waals surface area contributed by atoms with Crippen molar-refractivity contribution in [3.8, 4) is 0 Å². The van der Waals surface area contributed by atoms with E-state index < -0.39 is 0 Å². The van der Waals surface area contributed by atoms with E-state index >= 15 is 0 Å². The Bertz CT molecular complexity index is 653. The van der Waals surface area contributed by atoms with E-state index in [2.05, 4.69) is 36.2 Å². The third-order valence-corrected chi connectivity index (χ3v) is 3.98. The van der Waals surface area contributed by atoms with Gasteiger partial charge in [-0.25, -0.2) is 0 Å². The van der Waals surface area contributed by atoms with Gasteiger partial charge in [0.25, 0.3) is 0 Å². The Hall–Kier alpha value is -1.72. The Labute approximate surface area is 156 Å². The van der Waals surface area contributed by atoms with Crippen LogP contribution in [0.25, 0.3) is 0 Å². The van der Waals surface area contributed by atoms with Crippen molar-refractivity contribution in [3.05, 3.63) is 47.1 Å². The first-order chi connectivity index (χ1) is 11.5. The average molecular weight is 366 g/mol. The number of benzene rings is 1. The van der Waals surface area contributed by atoms with Crippen molar-refractivity contribution in [2.75, 3.05) is 7.05 Å². The minimum atomic E-state index is 0. The first kappa shape index (κ1) is 21.3. The standard InChI is InChI=1S/C19H27N3O2.ClH/c1-13(2)11-15-5-7-16(8-6-15)17(23)9-10-19-21-18(22-24-19)12-14(3)20-4;/h5-8,13-14,20H,9-12H2,1-4H3;1H. The quantitative estimate of drug-likeness (QED) is 0.687. The summed E-state index contributed by atoms with van der Waals surface area (Å²) in [5.41, 5.74) is 2.01.